The molecule has 0 spiro atoms. The van der Waals surface area contributed by atoms with Crippen molar-refractivity contribution in [2.75, 3.05) is 0 Å². The van der Waals surface area contributed by atoms with Crippen LogP contribution in [0.1, 0.15) is 36.9 Å². The number of aliphatic carboxylic acids is 1. The fourth-order valence-corrected chi connectivity index (χ4v) is 2.49. The Kier molecular flexibility index (Phi) is 4.31. The molecule has 4 heteroatoms. The second kappa shape index (κ2) is 5.96. The highest BCUT2D eigenvalue weighted by molar-refractivity contribution is 5.70. The first-order chi connectivity index (χ1) is 8.66. The maximum absolute atomic E-state index is 10.9. The molecule has 1 aromatic rings. The monoisotopic (exact) mass is 248 g/mol. The third-order valence-corrected chi connectivity index (χ3v) is 3.75. The lowest BCUT2D eigenvalue weighted by Crippen LogP contribution is -2.34. The van der Waals surface area contributed by atoms with Gasteiger partial charge in [-0.1, -0.05) is 6.07 Å². The van der Waals surface area contributed by atoms with E-state index in [-0.39, 0.29) is 5.92 Å². The first kappa shape index (κ1) is 13.0. The molecule has 1 saturated carbocycles. The number of nitrogens with zero attached hydrogens (tertiary/aromatic N) is 1. The zero-order chi connectivity index (χ0) is 13.0. The molecule has 0 aliphatic heterocycles. The van der Waals surface area contributed by atoms with Gasteiger partial charge in [-0.05, 0) is 44.2 Å². The Balaban J connectivity index is 1.79. The molecule has 0 unspecified atom stereocenters. The molecule has 0 radical (unpaired) electrons. The van der Waals surface area contributed by atoms with Gasteiger partial charge >= 0.3 is 5.97 Å². The molecule has 2 rings (SSSR count). The summed E-state index contributed by atoms with van der Waals surface area (Å²) in [6.45, 7) is 2.83. The number of aryl methyl sites for hydroxylation is 1. The van der Waals surface area contributed by atoms with Crippen molar-refractivity contribution in [1.29, 1.82) is 0 Å². The lowest BCUT2D eigenvalue weighted by Gasteiger charge is -2.27. The lowest BCUT2D eigenvalue weighted by molar-refractivity contribution is -0.142. The van der Waals surface area contributed by atoms with Crippen molar-refractivity contribution in [3.8, 4) is 0 Å². The molecule has 0 atom stereocenters. The average Bonchev–Trinajstić information content (AvgIpc) is 2.38. The SMILES string of the molecule is Cc1cccnc1CNC1CCC(C(=O)O)CC1. The summed E-state index contributed by atoms with van der Waals surface area (Å²) in [7, 11) is 0. The Labute approximate surface area is 107 Å². The van der Waals surface area contributed by atoms with Crippen LogP contribution >= 0.6 is 0 Å². The summed E-state index contributed by atoms with van der Waals surface area (Å²) >= 11 is 0. The predicted molar refractivity (Wildman–Crippen MR) is 69.2 cm³/mol. The van der Waals surface area contributed by atoms with Gasteiger partial charge in [0.2, 0.25) is 0 Å². The number of aromatic nitrogens is 1. The highest BCUT2D eigenvalue weighted by atomic mass is 16.4. The van der Waals surface area contributed by atoms with E-state index in [1.54, 1.807) is 0 Å². The maximum atomic E-state index is 10.9. The topological polar surface area (TPSA) is 62.2 Å². The van der Waals surface area contributed by atoms with Crippen LogP contribution in [0.15, 0.2) is 18.3 Å². The zero-order valence-corrected chi connectivity index (χ0v) is 10.7. The van der Waals surface area contributed by atoms with Crippen LogP contribution in [0.3, 0.4) is 0 Å². The molecule has 0 aromatic carbocycles. The van der Waals surface area contributed by atoms with Crippen LogP contribution in [0.25, 0.3) is 0 Å². The summed E-state index contributed by atoms with van der Waals surface area (Å²) in [5, 5.41) is 12.4. The molecule has 0 bridgehead atoms. The number of carboxylic acids is 1. The highest BCUT2D eigenvalue weighted by Crippen LogP contribution is 2.24. The van der Waals surface area contributed by atoms with Gasteiger partial charge in [-0.2, -0.15) is 0 Å². The average molecular weight is 248 g/mol. The number of nitrogens with one attached hydrogen (secondary N) is 1. The molecule has 4 nitrogen and oxygen atoms in total. The predicted octanol–water partition coefficient (Wildman–Crippen LogP) is 2.12. The van der Waals surface area contributed by atoms with Gasteiger partial charge in [-0.25, -0.2) is 0 Å². The zero-order valence-electron chi connectivity index (χ0n) is 10.7. The second-order valence-electron chi connectivity index (χ2n) is 5.03. The molecule has 2 N–H and O–H groups in total. The van der Waals surface area contributed by atoms with E-state index in [0.29, 0.717) is 6.04 Å². The van der Waals surface area contributed by atoms with Gasteiger partial charge in [0.25, 0.3) is 0 Å². The minimum atomic E-state index is -0.644. The largest absolute Gasteiger partial charge is 0.481 e. The standard InChI is InChI=1S/C14H20N2O2/c1-10-3-2-8-15-13(10)9-16-12-6-4-11(5-7-12)14(17)18/h2-3,8,11-12,16H,4-7,9H2,1H3,(H,17,18). The number of hydrogen-bond acceptors (Lipinski definition) is 3. The highest BCUT2D eigenvalue weighted by Gasteiger charge is 2.25. The number of carbonyl (C=O) groups is 1. The van der Waals surface area contributed by atoms with E-state index in [9.17, 15) is 4.79 Å². The number of pyridine rings is 1. The van der Waals surface area contributed by atoms with Crippen LogP contribution < -0.4 is 5.32 Å². The van der Waals surface area contributed by atoms with Crippen LogP contribution in [0.2, 0.25) is 0 Å². The van der Waals surface area contributed by atoms with Gasteiger partial charge in [-0.15, -0.1) is 0 Å². The van der Waals surface area contributed by atoms with E-state index >= 15 is 0 Å². The van der Waals surface area contributed by atoms with Gasteiger partial charge in [0.1, 0.15) is 0 Å². The Morgan fingerprint density at radius 1 is 1.44 bits per heavy atom. The Morgan fingerprint density at radius 3 is 2.78 bits per heavy atom. The fraction of sp³-hybridized carbons (Fsp3) is 0.571. The van der Waals surface area contributed by atoms with Crippen molar-refractivity contribution >= 4 is 5.97 Å². The van der Waals surface area contributed by atoms with Gasteiger partial charge in [0, 0.05) is 18.8 Å². The van der Waals surface area contributed by atoms with Crippen LogP contribution in [-0.2, 0) is 11.3 Å². The third-order valence-electron chi connectivity index (χ3n) is 3.75. The number of rotatable bonds is 4. The molecule has 1 aromatic heterocycles. The van der Waals surface area contributed by atoms with E-state index in [1.807, 2.05) is 12.3 Å². The van der Waals surface area contributed by atoms with E-state index in [4.69, 9.17) is 5.11 Å². The van der Waals surface area contributed by atoms with Crippen molar-refractivity contribution in [1.82, 2.24) is 10.3 Å². The molecule has 0 amide bonds. The summed E-state index contributed by atoms with van der Waals surface area (Å²) in [4.78, 5) is 15.2. The summed E-state index contributed by atoms with van der Waals surface area (Å²) in [6, 6.07) is 4.43. The van der Waals surface area contributed by atoms with Crippen molar-refractivity contribution in [2.24, 2.45) is 5.92 Å². The van der Waals surface area contributed by atoms with Gasteiger partial charge < -0.3 is 10.4 Å². The van der Waals surface area contributed by atoms with E-state index in [0.717, 1.165) is 37.9 Å². The molecule has 18 heavy (non-hydrogen) atoms. The Bertz CT molecular complexity index is 412. The summed E-state index contributed by atoms with van der Waals surface area (Å²) < 4.78 is 0. The second-order valence-corrected chi connectivity index (χ2v) is 5.03. The Hall–Kier alpha value is -1.42. The van der Waals surface area contributed by atoms with E-state index in [2.05, 4.69) is 23.3 Å². The third kappa shape index (κ3) is 3.29. The molecule has 1 heterocycles. The summed E-state index contributed by atoms with van der Waals surface area (Å²) in [5.41, 5.74) is 2.28. The molecule has 1 aliphatic rings. The summed E-state index contributed by atoms with van der Waals surface area (Å²) in [5.74, 6) is -0.784. The molecule has 0 saturated heterocycles. The molecular formula is C14H20N2O2. The quantitative estimate of drug-likeness (QED) is 0.856. The number of hydrogen-bond donors (Lipinski definition) is 2. The molecule has 98 valence electrons. The number of carboxylic acid groups (broad SMARTS) is 1. The van der Waals surface area contributed by atoms with E-state index in [1.165, 1.54) is 5.56 Å². The van der Waals surface area contributed by atoms with Gasteiger partial charge in [0.15, 0.2) is 0 Å². The van der Waals surface area contributed by atoms with Crippen LogP contribution in [0.5, 0.6) is 0 Å². The maximum Gasteiger partial charge on any atom is 0.306 e. The van der Waals surface area contributed by atoms with Crippen LogP contribution in [-0.4, -0.2) is 22.1 Å². The molecular weight excluding hydrogens is 228 g/mol. The van der Waals surface area contributed by atoms with Crippen molar-refractivity contribution in [2.45, 2.75) is 45.2 Å². The first-order valence-corrected chi connectivity index (χ1v) is 6.53. The minimum absolute atomic E-state index is 0.139. The van der Waals surface area contributed by atoms with E-state index < -0.39 is 5.97 Å². The van der Waals surface area contributed by atoms with Crippen LogP contribution in [0.4, 0.5) is 0 Å². The fourth-order valence-electron chi connectivity index (χ4n) is 2.49. The van der Waals surface area contributed by atoms with Crippen LogP contribution in [0, 0.1) is 12.8 Å². The van der Waals surface area contributed by atoms with Crippen molar-refractivity contribution in [3.05, 3.63) is 29.6 Å². The van der Waals surface area contributed by atoms with Gasteiger partial charge in [0.05, 0.1) is 11.6 Å². The molecule has 1 aliphatic carbocycles. The van der Waals surface area contributed by atoms with Crippen molar-refractivity contribution in [3.63, 3.8) is 0 Å². The van der Waals surface area contributed by atoms with Crippen molar-refractivity contribution < 1.29 is 9.90 Å². The molecule has 1 fully saturated rings. The summed E-state index contributed by atoms with van der Waals surface area (Å²) in [6.07, 6.45) is 5.28. The Morgan fingerprint density at radius 2 is 2.17 bits per heavy atom. The smallest absolute Gasteiger partial charge is 0.306 e. The van der Waals surface area contributed by atoms with Gasteiger partial charge in [-0.3, -0.25) is 9.78 Å². The normalized spacial score (nSPS) is 23.8. The lowest BCUT2D eigenvalue weighted by atomic mass is 9.86. The first-order valence-electron chi connectivity index (χ1n) is 6.53. The minimum Gasteiger partial charge on any atom is -0.481 e.